The Morgan fingerprint density at radius 3 is 2.23 bits per heavy atom. The third-order valence-corrected chi connectivity index (χ3v) is 3.73. The van der Waals surface area contributed by atoms with Crippen LogP contribution in [0.5, 0.6) is 17.2 Å². The van der Waals surface area contributed by atoms with Crippen molar-refractivity contribution in [2.75, 3.05) is 7.11 Å². The quantitative estimate of drug-likeness (QED) is 0.333. The van der Waals surface area contributed by atoms with E-state index in [2.05, 4.69) is 0 Å². The summed E-state index contributed by atoms with van der Waals surface area (Å²) >= 11 is 0. The number of hydrogen-bond acceptors (Lipinski definition) is 9. The van der Waals surface area contributed by atoms with Crippen molar-refractivity contribution in [3.63, 3.8) is 0 Å². The zero-order valence-electron chi connectivity index (χ0n) is 13.5. The number of phenols is 1. The molecule has 0 radical (unpaired) electrons. The molecule has 0 saturated carbocycles. The molecular formula is C15H18O11. The zero-order chi connectivity index (χ0) is 19.6. The van der Waals surface area contributed by atoms with E-state index in [0.29, 0.717) is 0 Å². The third kappa shape index (κ3) is 3.96. The highest BCUT2D eigenvalue weighted by Gasteiger charge is 2.48. The van der Waals surface area contributed by atoms with Crippen molar-refractivity contribution in [1.29, 1.82) is 0 Å². The fourth-order valence-corrected chi connectivity index (χ4v) is 2.43. The Hall–Kier alpha value is -2.60. The van der Waals surface area contributed by atoms with E-state index in [9.17, 15) is 30.0 Å². The van der Waals surface area contributed by atoms with Crippen LogP contribution >= 0.6 is 0 Å². The van der Waals surface area contributed by atoms with E-state index in [1.54, 1.807) is 0 Å². The van der Waals surface area contributed by atoms with Gasteiger partial charge in [-0.2, -0.15) is 0 Å². The number of aliphatic hydroxyl groups excluding tert-OH is 3. The second-order valence-corrected chi connectivity index (χ2v) is 5.57. The highest BCUT2D eigenvalue weighted by molar-refractivity contribution is 5.73. The summed E-state index contributed by atoms with van der Waals surface area (Å²) in [5.74, 6) is -3.80. The maximum atomic E-state index is 11.1. The van der Waals surface area contributed by atoms with Crippen molar-refractivity contribution >= 4 is 11.9 Å². The lowest BCUT2D eigenvalue weighted by atomic mass is 9.99. The van der Waals surface area contributed by atoms with Crippen LogP contribution in [0.3, 0.4) is 0 Å². The number of aliphatic hydroxyl groups is 3. The van der Waals surface area contributed by atoms with Crippen LogP contribution < -0.4 is 9.47 Å². The van der Waals surface area contributed by atoms with Crippen LogP contribution in [-0.2, 0) is 20.7 Å². The summed E-state index contributed by atoms with van der Waals surface area (Å²) in [7, 11) is 1.22. The van der Waals surface area contributed by atoms with Crippen molar-refractivity contribution in [3.05, 3.63) is 17.7 Å². The third-order valence-electron chi connectivity index (χ3n) is 3.73. The first-order valence-corrected chi connectivity index (χ1v) is 7.36. The second kappa shape index (κ2) is 7.74. The average molecular weight is 374 g/mol. The van der Waals surface area contributed by atoms with Gasteiger partial charge in [0.05, 0.1) is 13.5 Å². The maximum Gasteiger partial charge on any atom is 0.335 e. The van der Waals surface area contributed by atoms with Gasteiger partial charge in [0.1, 0.15) is 18.3 Å². The molecule has 1 aliphatic heterocycles. The summed E-state index contributed by atoms with van der Waals surface area (Å²) in [4.78, 5) is 22.0. The van der Waals surface area contributed by atoms with Crippen LogP contribution in [0.1, 0.15) is 5.56 Å². The maximum absolute atomic E-state index is 11.1. The number of carboxylic acids is 2. The number of carboxylic acid groups (broad SMARTS) is 2. The smallest absolute Gasteiger partial charge is 0.335 e. The number of hydrogen-bond donors (Lipinski definition) is 6. The molecular weight excluding hydrogens is 356 g/mol. The van der Waals surface area contributed by atoms with Gasteiger partial charge in [0.15, 0.2) is 17.6 Å². The molecule has 0 spiro atoms. The molecule has 0 amide bonds. The van der Waals surface area contributed by atoms with Crippen LogP contribution in [0.15, 0.2) is 12.1 Å². The summed E-state index contributed by atoms with van der Waals surface area (Å²) in [6, 6.07) is 2.39. The minimum atomic E-state index is -1.90. The van der Waals surface area contributed by atoms with Gasteiger partial charge in [0.25, 0.3) is 0 Å². The van der Waals surface area contributed by atoms with Gasteiger partial charge in [-0.1, -0.05) is 0 Å². The van der Waals surface area contributed by atoms with E-state index in [1.807, 2.05) is 0 Å². The van der Waals surface area contributed by atoms with Gasteiger partial charge in [0.2, 0.25) is 12.0 Å². The highest BCUT2D eigenvalue weighted by atomic mass is 16.7. The summed E-state index contributed by atoms with van der Waals surface area (Å²) < 4.78 is 15.1. The molecule has 5 atom stereocenters. The van der Waals surface area contributed by atoms with Gasteiger partial charge in [0, 0.05) is 0 Å². The standard InChI is InChI=1S/C15H18O11/c1-24-6-2-5(4-8(16)17)3-7(9(6)18)25-15-12(21)10(19)11(20)13(26-15)14(22)23/h2-3,10-13,15,18-21H,4H2,1H3,(H,16,17)(H,22,23). The van der Waals surface area contributed by atoms with E-state index in [4.69, 9.17) is 24.4 Å². The molecule has 26 heavy (non-hydrogen) atoms. The molecule has 1 aliphatic rings. The molecule has 11 heteroatoms. The summed E-state index contributed by atoms with van der Waals surface area (Å²) in [6.45, 7) is 0. The molecule has 0 bridgehead atoms. The number of carbonyl (C=O) groups is 2. The Morgan fingerprint density at radius 2 is 1.69 bits per heavy atom. The summed E-state index contributed by atoms with van der Waals surface area (Å²) in [6.07, 6.45) is -9.70. The van der Waals surface area contributed by atoms with Gasteiger partial charge in [-0.15, -0.1) is 0 Å². The van der Waals surface area contributed by atoms with E-state index < -0.39 is 54.8 Å². The van der Waals surface area contributed by atoms with Crippen LogP contribution in [0.25, 0.3) is 0 Å². The molecule has 0 aliphatic carbocycles. The van der Waals surface area contributed by atoms with Crippen molar-refractivity contribution < 1.29 is 54.4 Å². The fourth-order valence-electron chi connectivity index (χ4n) is 2.43. The number of methoxy groups -OCH3 is 1. The number of ether oxygens (including phenoxy) is 3. The molecule has 2 rings (SSSR count). The van der Waals surface area contributed by atoms with Crippen LogP contribution in [0.2, 0.25) is 0 Å². The van der Waals surface area contributed by atoms with E-state index in [1.165, 1.54) is 13.2 Å². The minimum Gasteiger partial charge on any atom is -0.502 e. The topological polar surface area (TPSA) is 183 Å². The van der Waals surface area contributed by atoms with Crippen molar-refractivity contribution in [3.8, 4) is 17.2 Å². The Morgan fingerprint density at radius 1 is 1.08 bits per heavy atom. The SMILES string of the molecule is COc1cc(CC(=O)O)cc(OC2OC(C(=O)O)C(O)C(O)C2O)c1O. The first-order chi connectivity index (χ1) is 12.1. The number of aromatic hydroxyl groups is 1. The Bertz CT molecular complexity index is 688. The Kier molecular flexibility index (Phi) is 5.87. The highest BCUT2D eigenvalue weighted by Crippen LogP contribution is 2.39. The minimum absolute atomic E-state index is 0.126. The first kappa shape index (κ1) is 19.7. The van der Waals surface area contributed by atoms with Gasteiger partial charge >= 0.3 is 11.9 Å². The Labute approximate surface area is 146 Å². The van der Waals surface area contributed by atoms with Gasteiger partial charge in [-0.3, -0.25) is 4.79 Å². The molecule has 11 nitrogen and oxygen atoms in total. The monoisotopic (exact) mass is 374 g/mol. The molecule has 6 N–H and O–H groups in total. The van der Waals surface area contributed by atoms with Crippen molar-refractivity contribution in [2.24, 2.45) is 0 Å². The number of benzene rings is 1. The van der Waals surface area contributed by atoms with E-state index >= 15 is 0 Å². The zero-order valence-corrected chi connectivity index (χ0v) is 13.5. The van der Waals surface area contributed by atoms with Crippen LogP contribution in [0, 0.1) is 0 Å². The molecule has 1 aromatic rings. The molecule has 1 fully saturated rings. The summed E-state index contributed by atoms with van der Waals surface area (Å²) in [5.41, 5.74) is 0.183. The van der Waals surface area contributed by atoms with Crippen LogP contribution in [0.4, 0.5) is 0 Å². The molecule has 1 heterocycles. The molecule has 144 valence electrons. The number of rotatable bonds is 6. The lowest BCUT2D eigenvalue weighted by molar-refractivity contribution is -0.271. The van der Waals surface area contributed by atoms with E-state index in [0.717, 1.165) is 6.07 Å². The molecule has 1 aromatic carbocycles. The molecule has 1 saturated heterocycles. The van der Waals surface area contributed by atoms with Gasteiger partial charge in [-0.05, 0) is 17.7 Å². The first-order valence-electron chi connectivity index (χ1n) is 7.36. The lowest BCUT2D eigenvalue weighted by Crippen LogP contribution is -2.61. The molecule has 5 unspecified atom stereocenters. The van der Waals surface area contributed by atoms with Gasteiger partial charge in [-0.25, -0.2) is 4.79 Å². The van der Waals surface area contributed by atoms with E-state index in [-0.39, 0.29) is 17.1 Å². The Balaban J connectivity index is 2.33. The predicted molar refractivity (Wildman–Crippen MR) is 80.9 cm³/mol. The van der Waals surface area contributed by atoms with Crippen LogP contribution in [-0.4, -0.2) is 80.4 Å². The average Bonchev–Trinajstić information content (AvgIpc) is 2.56. The van der Waals surface area contributed by atoms with Crippen molar-refractivity contribution in [1.82, 2.24) is 0 Å². The van der Waals surface area contributed by atoms with Crippen molar-refractivity contribution in [2.45, 2.75) is 37.1 Å². The summed E-state index contributed by atoms with van der Waals surface area (Å²) in [5, 5.41) is 57.3. The number of aliphatic carboxylic acids is 2. The fraction of sp³-hybridized carbons (Fsp3) is 0.467. The lowest BCUT2D eigenvalue weighted by Gasteiger charge is -2.38. The predicted octanol–water partition coefficient (Wildman–Crippen LogP) is -1.70. The normalized spacial score (nSPS) is 28.4. The van der Waals surface area contributed by atoms with Gasteiger partial charge < -0.3 is 44.8 Å². The second-order valence-electron chi connectivity index (χ2n) is 5.57. The largest absolute Gasteiger partial charge is 0.502 e. The number of phenolic OH excluding ortho intramolecular Hbond substituents is 1. The molecule has 0 aromatic heterocycles.